The average Bonchev–Trinajstić information content (AvgIpc) is 2.82. The Balaban J connectivity index is 2.13. The van der Waals surface area contributed by atoms with E-state index in [1.54, 1.807) is 6.07 Å². The third-order valence-electron chi connectivity index (χ3n) is 2.00. The van der Waals surface area contributed by atoms with E-state index in [0.717, 1.165) is 0 Å². The molecule has 0 saturated heterocycles. The molecular weight excluding hydrogens is 336 g/mol. The summed E-state index contributed by atoms with van der Waals surface area (Å²) in [6.45, 7) is -0.387. The third-order valence-corrected chi connectivity index (χ3v) is 2.43. The molecule has 1 aromatic heterocycles. The minimum absolute atomic E-state index is 0.0805. The zero-order valence-electron chi connectivity index (χ0n) is 10.3. The van der Waals surface area contributed by atoms with E-state index in [9.17, 15) is 14.4 Å². The number of halogens is 1. The van der Waals surface area contributed by atoms with Crippen molar-refractivity contribution in [2.45, 2.75) is 0 Å². The molecule has 2 amide bonds. The summed E-state index contributed by atoms with van der Waals surface area (Å²) < 4.78 is 10.2. The van der Waals surface area contributed by atoms with Gasteiger partial charge in [-0.1, -0.05) is 0 Å². The number of aliphatic carboxylic acids is 1. The van der Waals surface area contributed by atoms with E-state index in [-0.39, 0.29) is 25.5 Å². The molecule has 0 aliphatic heterocycles. The van der Waals surface area contributed by atoms with E-state index in [4.69, 9.17) is 14.3 Å². The van der Waals surface area contributed by atoms with E-state index in [1.807, 2.05) is 0 Å². The molecule has 1 aromatic rings. The van der Waals surface area contributed by atoms with E-state index in [0.29, 0.717) is 4.67 Å². The van der Waals surface area contributed by atoms with Gasteiger partial charge in [-0.15, -0.1) is 0 Å². The van der Waals surface area contributed by atoms with Gasteiger partial charge in [-0.25, -0.2) is 4.79 Å². The molecule has 0 aromatic carbocycles. The molecule has 0 bridgehead atoms. The molecule has 1 rings (SSSR count). The zero-order chi connectivity index (χ0) is 15.0. The molecule has 3 N–H and O–H groups in total. The second kappa shape index (κ2) is 8.33. The number of carboxylic acids is 1. The second-order valence-electron chi connectivity index (χ2n) is 3.58. The van der Waals surface area contributed by atoms with Crippen molar-refractivity contribution in [3.05, 3.63) is 22.6 Å². The summed E-state index contributed by atoms with van der Waals surface area (Å²) in [7, 11) is 0. The largest absolute Gasteiger partial charge is 0.480 e. The lowest BCUT2D eigenvalue weighted by Gasteiger charge is -2.06. The van der Waals surface area contributed by atoms with E-state index in [1.165, 1.54) is 6.07 Å². The number of furan rings is 1. The Morgan fingerprint density at radius 2 is 2.05 bits per heavy atom. The van der Waals surface area contributed by atoms with Crippen molar-refractivity contribution in [3.63, 3.8) is 0 Å². The fraction of sp³-hybridized carbons (Fsp3) is 0.364. The summed E-state index contributed by atoms with van der Waals surface area (Å²) >= 11 is 3.06. The fourth-order valence-corrected chi connectivity index (χ4v) is 1.48. The van der Waals surface area contributed by atoms with Gasteiger partial charge in [0.2, 0.25) is 5.91 Å². The lowest BCUT2D eigenvalue weighted by Crippen LogP contribution is -2.38. The van der Waals surface area contributed by atoms with Crippen molar-refractivity contribution >= 4 is 33.7 Å². The first-order valence-corrected chi connectivity index (χ1v) is 6.38. The Labute approximate surface area is 122 Å². The summed E-state index contributed by atoms with van der Waals surface area (Å²) in [6, 6.07) is 3.03. The van der Waals surface area contributed by atoms with Gasteiger partial charge in [0.15, 0.2) is 10.4 Å². The van der Waals surface area contributed by atoms with Crippen LogP contribution >= 0.6 is 15.9 Å². The number of carboxylic acid groups (broad SMARTS) is 1. The first-order valence-electron chi connectivity index (χ1n) is 5.59. The van der Waals surface area contributed by atoms with Crippen LogP contribution < -0.4 is 10.6 Å². The molecule has 0 aliphatic carbocycles. The Morgan fingerprint density at radius 3 is 2.65 bits per heavy atom. The molecule has 0 unspecified atom stereocenters. The molecule has 8 nitrogen and oxygen atoms in total. The quantitative estimate of drug-likeness (QED) is 0.568. The fourth-order valence-electron chi connectivity index (χ4n) is 1.17. The van der Waals surface area contributed by atoms with Gasteiger partial charge in [-0.05, 0) is 28.1 Å². The molecule has 0 radical (unpaired) electrons. The van der Waals surface area contributed by atoms with Crippen LogP contribution in [-0.2, 0) is 14.3 Å². The maximum absolute atomic E-state index is 11.5. The lowest BCUT2D eigenvalue weighted by atomic mass is 10.4. The smallest absolute Gasteiger partial charge is 0.329 e. The van der Waals surface area contributed by atoms with Gasteiger partial charge in [0.25, 0.3) is 5.91 Å². The first kappa shape index (κ1) is 16.2. The van der Waals surface area contributed by atoms with Crippen LogP contribution in [0.4, 0.5) is 0 Å². The van der Waals surface area contributed by atoms with Crippen molar-refractivity contribution in [1.29, 1.82) is 0 Å². The highest BCUT2D eigenvalue weighted by Gasteiger charge is 2.11. The Hall–Kier alpha value is -1.87. The molecular formula is C11H13BrN2O6. The van der Waals surface area contributed by atoms with Crippen LogP contribution in [0.5, 0.6) is 0 Å². The van der Waals surface area contributed by atoms with Crippen molar-refractivity contribution < 1.29 is 28.6 Å². The molecule has 0 aliphatic rings. The number of hydrogen-bond donors (Lipinski definition) is 3. The monoisotopic (exact) mass is 348 g/mol. The summed E-state index contributed by atoms with van der Waals surface area (Å²) in [6.07, 6.45) is 0. The second-order valence-corrected chi connectivity index (χ2v) is 4.36. The van der Waals surface area contributed by atoms with Crippen LogP contribution in [0.1, 0.15) is 10.6 Å². The van der Waals surface area contributed by atoms with Gasteiger partial charge in [0.05, 0.1) is 13.2 Å². The number of amides is 2. The predicted molar refractivity (Wildman–Crippen MR) is 70.2 cm³/mol. The van der Waals surface area contributed by atoms with Gasteiger partial charge < -0.3 is 24.9 Å². The van der Waals surface area contributed by atoms with E-state index in [2.05, 4.69) is 26.6 Å². The lowest BCUT2D eigenvalue weighted by molar-refractivity contribution is -0.142. The predicted octanol–water partition coefficient (Wildman–Crippen LogP) is -0.0107. The maximum atomic E-state index is 11.5. The van der Waals surface area contributed by atoms with Crippen LogP contribution in [-0.4, -0.2) is 49.2 Å². The Bertz CT molecular complexity index is 487. The molecule has 0 spiro atoms. The van der Waals surface area contributed by atoms with E-state index >= 15 is 0 Å². The Kier molecular flexibility index (Phi) is 6.74. The van der Waals surface area contributed by atoms with Crippen LogP contribution in [0.15, 0.2) is 21.2 Å². The number of carbonyl (C=O) groups is 3. The molecule has 1 heterocycles. The molecule has 9 heteroatoms. The third kappa shape index (κ3) is 6.34. The van der Waals surface area contributed by atoms with Crippen molar-refractivity contribution in [2.75, 3.05) is 26.3 Å². The first-order chi connectivity index (χ1) is 9.49. The van der Waals surface area contributed by atoms with Crippen LogP contribution in [0.2, 0.25) is 0 Å². The summed E-state index contributed by atoms with van der Waals surface area (Å²) in [5.41, 5.74) is 0. The highest BCUT2D eigenvalue weighted by Crippen LogP contribution is 2.13. The molecule has 20 heavy (non-hydrogen) atoms. The van der Waals surface area contributed by atoms with Crippen LogP contribution in [0.25, 0.3) is 0 Å². The number of carbonyl (C=O) groups excluding carboxylic acids is 2. The molecule has 0 fully saturated rings. The van der Waals surface area contributed by atoms with E-state index < -0.39 is 24.4 Å². The van der Waals surface area contributed by atoms with Crippen molar-refractivity contribution in [2.24, 2.45) is 0 Å². The number of nitrogens with one attached hydrogen (secondary N) is 2. The highest BCUT2D eigenvalue weighted by molar-refractivity contribution is 9.10. The molecule has 0 atom stereocenters. The average molecular weight is 349 g/mol. The SMILES string of the molecule is O=C(O)COCCNC(=O)CNC(=O)c1ccc(Br)o1. The topological polar surface area (TPSA) is 118 Å². The number of ether oxygens (including phenoxy) is 1. The van der Waals surface area contributed by atoms with Gasteiger partial charge >= 0.3 is 5.97 Å². The van der Waals surface area contributed by atoms with Crippen LogP contribution in [0.3, 0.4) is 0 Å². The highest BCUT2D eigenvalue weighted by atomic mass is 79.9. The van der Waals surface area contributed by atoms with Gasteiger partial charge in [0, 0.05) is 6.54 Å². The number of rotatable bonds is 8. The molecule has 0 saturated carbocycles. The van der Waals surface area contributed by atoms with Gasteiger partial charge in [-0.2, -0.15) is 0 Å². The van der Waals surface area contributed by atoms with Gasteiger partial charge in [0.1, 0.15) is 6.61 Å². The minimum Gasteiger partial charge on any atom is -0.480 e. The summed E-state index contributed by atoms with van der Waals surface area (Å²) in [5.74, 6) is -1.90. The Morgan fingerprint density at radius 1 is 1.30 bits per heavy atom. The normalized spacial score (nSPS) is 10.1. The van der Waals surface area contributed by atoms with Gasteiger partial charge in [-0.3, -0.25) is 9.59 Å². The summed E-state index contributed by atoms with van der Waals surface area (Å²) in [4.78, 5) is 33.0. The molecule has 110 valence electrons. The van der Waals surface area contributed by atoms with Crippen molar-refractivity contribution in [1.82, 2.24) is 10.6 Å². The van der Waals surface area contributed by atoms with Crippen molar-refractivity contribution in [3.8, 4) is 0 Å². The summed E-state index contributed by atoms with van der Waals surface area (Å²) in [5, 5.41) is 13.1. The van der Waals surface area contributed by atoms with Crippen LogP contribution in [0, 0.1) is 0 Å². The zero-order valence-corrected chi connectivity index (χ0v) is 11.9. The maximum Gasteiger partial charge on any atom is 0.329 e. The standard InChI is InChI=1S/C11H13BrN2O6/c12-8-2-1-7(20-8)11(18)14-5-9(15)13-3-4-19-6-10(16)17/h1-2H,3-6H2,(H,13,15)(H,14,18)(H,16,17). The minimum atomic E-state index is -1.08. The number of hydrogen-bond acceptors (Lipinski definition) is 5.